The topological polar surface area (TPSA) is 94.2 Å². The van der Waals surface area contributed by atoms with Gasteiger partial charge in [0.25, 0.3) is 11.2 Å². The number of rotatable bonds is 9. The Hall–Kier alpha value is -2.18. The fourth-order valence-corrected chi connectivity index (χ4v) is 2.16. The molecule has 0 aliphatic rings. The molecule has 0 aromatic carbocycles. The van der Waals surface area contributed by atoms with Crippen LogP contribution in [0.5, 0.6) is 0 Å². The first-order valence-electron chi connectivity index (χ1n) is 7.59. The number of carbonyl (C=O) groups is 1. The monoisotopic (exact) mass is 309 g/mol. The van der Waals surface area contributed by atoms with Gasteiger partial charge in [0.2, 0.25) is 5.91 Å². The summed E-state index contributed by atoms with van der Waals surface area (Å²) < 4.78 is 1.06. The second-order valence-electron chi connectivity index (χ2n) is 5.33. The van der Waals surface area contributed by atoms with E-state index in [1.165, 1.54) is 0 Å². The third-order valence-electron chi connectivity index (χ3n) is 3.62. The molecule has 1 aromatic rings. The average molecular weight is 309 g/mol. The maximum Gasteiger partial charge on any atom is 0.285 e. The van der Waals surface area contributed by atoms with E-state index in [1.54, 1.807) is 0 Å². The molecular formula is C15H23N3O4. The molecule has 0 radical (unpaired) electrons. The predicted octanol–water partition coefficient (Wildman–Crippen LogP) is 2.09. The minimum absolute atomic E-state index is 0.204. The van der Waals surface area contributed by atoms with Gasteiger partial charge in [0, 0.05) is 18.7 Å². The molecule has 0 unspecified atom stereocenters. The van der Waals surface area contributed by atoms with Gasteiger partial charge in [0.05, 0.1) is 11.1 Å². The Bertz CT molecular complexity index is 568. The summed E-state index contributed by atoms with van der Waals surface area (Å²) in [5.74, 6) is 0.114. The van der Waals surface area contributed by atoms with Crippen LogP contribution < -0.4 is 10.9 Å². The zero-order valence-corrected chi connectivity index (χ0v) is 13.1. The number of unbranched alkanes of at least 4 members (excludes halogenated alkanes) is 1. The van der Waals surface area contributed by atoms with Crippen LogP contribution in [0, 0.1) is 16.0 Å². The van der Waals surface area contributed by atoms with Crippen LogP contribution >= 0.6 is 0 Å². The van der Waals surface area contributed by atoms with Crippen molar-refractivity contribution in [2.24, 2.45) is 5.92 Å². The lowest BCUT2D eigenvalue weighted by molar-refractivity contribution is -0.385. The zero-order chi connectivity index (χ0) is 16.5. The molecular weight excluding hydrogens is 286 g/mol. The standard InChI is InChI=1S/C15H23N3O4/c1-3-5-6-12(4-2)9-16-14(19)11-17-10-13(18(21)22)7-8-15(17)20/h7-8,10,12H,3-6,9,11H2,1-2H3,(H,16,19)/t12-/m1/s1. The lowest BCUT2D eigenvalue weighted by Gasteiger charge is -2.15. The lowest BCUT2D eigenvalue weighted by Crippen LogP contribution is -2.34. The second-order valence-corrected chi connectivity index (χ2v) is 5.33. The number of carbonyl (C=O) groups excluding carboxylic acids is 1. The van der Waals surface area contributed by atoms with Gasteiger partial charge < -0.3 is 5.32 Å². The zero-order valence-electron chi connectivity index (χ0n) is 13.1. The van der Waals surface area contributed by atoms with Crippen LogP contribution in [0.3, 0.4) is 0 Å². The maximum absolute atomic E-state index is 11.9. The van der Waals surface area contributed by atoms with E-state index in [0.717, 1.165) is 48.6 Å². The quantitative estimate of drug-likeness (QED) is 0.558. The van der Waals surface area contributed by atoms with Gasteiger partial charge >= 0.3 is 0 Å². The molecule has 0 aliphatic carbocycles. The van der Waals surface area contributed by atoms with E-state index >= 15 is 0 Å². The Morgan fingerprint density at radius 2 is 2.14 bits per heavy atom. The van der Waals surface area contributed by atoms with Gasteiger partial charge in [-0.1, -0.05) is 33.1 Å². The summed E-state index contributed by atoms with van der Waals surface area (Å²) in [6.07, 6.45) is 5.38. The SMILES string of the molecule is CCCC[C@@H](CC)CNC(=O)Cn1cc([N+](=O)[O-])ccc1=O. The highest BCUT2D eigenvalue weighted by Gasteiger charge is 2.12. The molecule has 1 aromatic heterocycles. The summed E-state index contributed by atoms with van der Waals surface area (Å²) in [5.41, 5.74) is -0.638. The van der Waals surface area contributed by atoms with Gasteiger partial charge in [-0.15, -0.1) is 0 Å². The highest BCUT2D eigenvalue weighted by atomic mass is 16.6. The molecule has 0 bridgehead atoms. The van der Waals surface area contributed by atoms with Gasteiger partial charge in [-0.3, -0.25) is 24.3 Å². The normalized spacial score (nSPS) is 11.9. The Morgan fingerprint density at radius 1 is 1.41 bits per heavy atom. The fourth-order valence-electron chi connectivity index (χ4n) is 2.16. The van der Waals surface area contributed by atoms with Crippen molar-refractivity contribution in [2.45, 2.75) is 46.1 Å². The van der Waals surface area contributed by atoms with Crippen molar-refractivity contribution in [2.75, 3.05) is 6.54 Å². The van der Waals surface area contributed by atoms with Crippen LogP contribution in [0.15, 0.2) is 23.1 Å². The molecule has 122 valence electrons. The minimum atomic E-state index is -0.592. The van der Waals surface area contributed by atoms with Crippen molar-refractivity contribution in [3.05, 3.63) is 38.8 Å². The van der Waals surface area contributed by atoms with Crippen molar-refractivity contribution in [1.82, 2.24) is 9.88 Å². The molecule has 0 saturated heterocycles. The van der Waals surface area contributed by atoms with Crippen LogP contribution in [0.25, 0.3) is 0 Å². The molecule has 0 aliphatic heterocycles. The van der Waals surface area contributed by atoms with Crippen LogP contribution in [-0.2, 0) is 11.3 Å². The summed E-state index contributed by atoms with van der Waals surface area (Å²) in [5, 5.41) is 13.5. The smallest absolute Gasteiger partial charge is 0.285 e. The molecule has 22 heavy (non-hydrogen) atoms. The number of hydrogen-bond acceptors (Lipinski definition) is 4. The van der Waals surface area contributed by atoms with Gasteiger partial charge in [0.1, 0.15) is 6.54 Å². The van der Waals surface area contributed by atoms with E-state index in [4.69, 9.17) is 0 Å². The minimum Gasteiger partial charge on any atom is -0.354 e. The highest BCUT2D eigenvalue weighted by molar-refractivity contribution is 5.75. The van der Waals surface area contributed by atoms with Crippen LogP contribution in [0.4, 0.5) is 5.69 Å². The van der Waals surface area contributed by atoms with E-state index < -0.39 is 10.5 Å². The van der Waals surface area contributed by atoms with Crippen molar-refractivity contribution in [3.8, 4) is 0 Å². The second kappa shape index (κ2) is 8.96. The van der Waals surface area contributed by atoms with Crippen molar-refractivity contribution in [3.63, 3.8) is 0 Å². The lowest BCUT2D eigenvalue weighted by atomic mass is 9.99. The van der Waals surface area contributed by atoms with E-state index in [2.05, 4.69) is 19.2 Å². The van der Waals surface area contributed by atoms with E-state index in [9.17, 15) is 19.7 Å². The Labute approximate surface area is 129 Å². The third kappa shape index (κ3) is 5.67. The van der Waals surface area contributed by atoms with Crippen LogP contribution in [0.2, 0.25) is 0 Å². The Morgan fingerprint density at radius 3 is 2.73 bits per heavy atom. The van der Waals surface area contributed by atoms with Crippen LogP contribution in [0.1, 0.15) is 39.5 Å². The molecule has 1 N–H and O–H groups in total. The largest absolute Gasteiger partial charge is 0.354 e. The van der Waals surface area contributed by atoms with Gasteiger partial charge in [-0.05, 0) is 12.3 Å². The van der Waals surface area contributed by atoms with Crippen molar-refractivity contribution < 1.29 is 9.72 Å². The number of hydrogen-bond donors (Lipinski definition) is 1. The van der Waals surface area contributed by atoms with Gasteiger partial charge in [-0.2, -0.15) is 0 Å². The van der Waals surface area contributed by atoms with Crippen molar-refractivity contribution >= 4 is 11.6 Å². The highest BCUT2D eigenvalue weighted by Crippen LogP contribution is 2.11. The van der Waals surface area contributed by atoms with E-state index in [-0.39, 0.29) is 18.1 Å². The van der Waals surface area contributed by atoms with Crippen molar-refractivity contribution in [1.29, 1.82) is 0 Å². The number of nitrogens with one attached hydrogen (secondary N) is 1. The summed E-state index contributed by atoms with van der Waals surface area (Å²) in [6, 6.07) is 2.23. The molecule has 1 atom stereocenters. The summed E-state index contributed by atoms with van der Waals surface area (Å²) in [6.45, 7) is 4.57. The predicted molar refractivity (Wildman–Crippen MR) is 83.7 cm³/mol. The maximum atomic E-state index is 11.9. The fraction of sp³-hybridized carbons (Fsp3) is 0.600. The first kappa shape index (κ1) is 17.9. The Balaban J connectivity index is 2.59. The van der Waals surface area contributed by atoms with E-state index in [0.29, 0.717) is 12.5 Å². The average Bonchev–Trinajstić information content (AvgIpc) is 2.49. The summed E-state index contributed by atoms with van der Waals surface area (Å²) in [7, 11) is 0. The molecule has 0 fully saturated rings. The molecule has 1 amide bonds. The molecule has 1 heterocycles. The van der Waals surface area contributed by atoms with Gasteiger partial charge in [-0.25, -0.2) is 0 Å². The molecule has 1 rings (SSSR count). The first-order valence-corrected chi connectivity index (χ1v) is 7.59. The van der Waals surface area contributed by atoms with E-state index in [1.807, 2.05) is 0 Å². The number of aromatic nitrogens is 1. The Kier molecular flexibility index (Phi) is 7.28. The molecule has 7 heteroatoms. The van der Waals surface area contributed by atoms with Crippen LogP contribution in [-0.4, -0.2) is 21.9 Å². The number of nitrogens with zero attached hydrogens (tertiary/aromatic N) is 2. The first-order chi connectivity index (χ1) is 10.5. The number of pyridine rings is 1. The summed E-state index contributed by atoms with van der Waals surface area (Å²) in [4.78, 5) is 33.6. The molecule has 7 nitrogen and oxygen atoms in total. The number of amides is 1. The third-order valence-corrected chi connectivity index (χ3v) is 3.62. The molecule has 0 saturated carbocycles. The number of nitro groups is 1. The van der Waals surface area contributed by atoms with Gasteiger partial charge in [0.15, 0.2) is 0 Å². The summed E-state index contributed by atoms with van der Waals surface area (Å²) >= 11 is 0. The molecule has 0 spiro atoms.